The van der Waals surface area contributed by atoms with Crippen molar-refractivity contribution in [3.05, 3.63) is 36.2 Å². The van der Waals surface area contributed by atoms with Gasteiger partial charge in [0.1, 0.15) is 0 Å². The maximum Gasteiger partial charge on any atom is 0.241 e. The number of hydrogen-bond acceptors (Lipinski definition) is 5. The molecule has 0 saturated heterocycles. The lowest BCUT2D eigenvalue weighted by Crippen LogP contribution is -2.23. The monoisotopic (exact) mass is 309 g/mol. The number of nitrogens with one attached hydrogen (secondary N) is 2. The second kappa shape index (κ2) is 5.74. The van der Waals surface area contributed by atoms with Gasteiger partial charge in [-0.05, 0) is 12.1 Å². The molecule has 0 radical (unpaired) electrons. The Labute approximate surface area is 122 Å². The Morgan fingerprint density at radius 1 is 1.24 bits per heavy atom. The van der Waals surface area contributed by atoms with E-state index in [1.165, 1.54) is 12.1 Å². The van der Waals surface area contributed by atoms with Gasteiger partial charge in [-0.1, -0.05) is 0 Å². The zero-order chi connectivity index (χ0) is 14.7. The highest BCUT2D eigenvalue weighted by Gasteiger charge is 2.18. The Morgan fingerprint density at radius 2 is 2.05 bits per heavy atom. The average Bonchev–Trinajstić information content (AvgIpc) is 2.89. The van der Waals surface area contributed by atoms with Crippen molar-refractivity contribution in [2.75, 3.05) is 13.2 Å². The molecule has 1 aliphatic heterocycles. The van der Waals surface area contributed by atoms with Crippen molar-refractivity contribution in [2.24, 2.45) is 0 Å². The number of aromatic amines is 1. The molecule has 0 bridgehead atoms. The lowest BCUT2D eigenvalue weighted by Gasteiger charge is -2.10. The van der Waals surface area contributed by atoms with Crippen LogP contribution in [0.1, 0.15) is 12.0 Å². The molecule has 112 valence electrons. The minimum Gasteiger partial charge on any atom is -0.490 e. The zero-order valence-electron chi connectivity index (χ0n) is 11.2. The van der Waals surface area contributed by atoms with Gasteiger partial charge in [0.25, 0.3) is 0 Å². The first-order valence-corrected chi connectivity index (χ1v) is 8.00. The molecule has 0 saturated carbocycles. The number of aromatic nitrogens is 2. The van der Waals surface area contributed by atoms with Crippen molar-refractivity contribution in [3.63, 3.8) is 0 Å². The number of ether oxygens (including phenoxy) is 2. The predicted molar refractivity (Wildman–Crippen MR) is 74.7 cm³/mol. The molecule has 0 aliphatic carbocycles. The fraction of sp³-hybridized carbons (Fsp3) is 0.308. The highest BCUT2D eigenvalue weighted by molar-refractivity contribution is 7.89. The van der Waals surface area contributed by atoms with Crippen molar-refractivity contribution in [1.29, 1.82) is 0 Å². The van der Waals surface area contributed by atoms with E-state index in [4.69, 9.17) is 9.47 Å². The molecule has 0 spiro atoms. The molecule has 1 aliphatic rings. The first-order valence-electron chi connectivity index (χ1n) is 6.52. The molecule has 2 N–H and O–H groups in total. The molecular weight excluding hydrogens is 294 g/mol. The fourth-order valence-corrected chi connectivity index (χ4v) is 2.98. The third kappa shape index (κ3) is 3.17. The van der Waals surface area contributed by atoms with Gasteiger partial charge in [0.05, 0.1) is 24.3 Å². The van der Waals surface area contributed by atoms with E-state index in [1.807, 2.05) is 0 Å². The number of rotatable bonds is 4. The van der Waals surface area contributed by atoms with E-state index in [2.05, 4.69) is 14.9 Å². The van der Waals surface area contributed by atoms with Gasteiger partial charge in [0.2, 0.25) is 10.0 Å². The van der Waals surface area contributed by atoms with E-state index < -0.39 is 10.0 Å². The zero-order valence-corrected chi connectivity index (χ0v) is 12.0. The minimum atomic E-state index is -3.61. The van der Waals surface area contributed by atoms with E-state index in [0.29, 0.717) is 24.7 Å². The number of nitrogens with zero attached hydrogens (tertiary/aromatic N) is 1. The maximum atomic E-state index is 12.3. The number of benzene rings is 1. The summed E-state index contributed by atoms with van der Waals surface area (Å²) in [4.78, 5) is 0.148. The van der Waals surface area contributed by atoms with Crippen molar-refractivity contribution in [1.82, 2.24) is 14.9 Å². The summed E-state index contributed by atoms with van der Waals surface area (Å²) in [6, 6.07) is 4.61. The van der Waals surface area contributed by atoms with Gasteiger partial charge in [-0.3, -0.25) is 5.10 Å². The second-order valence-corrected chi connectivity index (χ2v) is 6.36. The van der Waals surface area contributed by atoms with Gasteiger partial charge in [-0.15, -0.1) is 0 Å². The Morgan fingerprint density at radius 3 is 2.81 bits per heavy atom. The van der Waals surface area contributed by atoms with Gasteiger partial charge < -0.3 is 9.47 Å². The highest BCUT2D eigenvalue weighted by atomic mass is 32.2. The topological polar surface area (TPSA) is 93.3 Å². The number of sulfonamides is 1. The van der Waals surface area contributed by atoms with Crippen molar-refractivity contribution >= 4 is 10.0 Å². The van der Waals surface area contributed by atoms with Gasteiger partial charge in [-0.2, -0.15) is 5.10 Å². The minimum absolute atomic E-state index is 0.148. The number of fused-ring (bicyclic) bond motifs is 1. The molecule has 21 heavy (non-hydrogen) atoms. The van der Waals surface area contributed by atoms with Crippen LogP contribution in [-0.2, 0) is 16.6 Å². The van der Waals surface area contributed by atoms with Crippen LogP contribution in [0.4, 0.5) is 0 Å². The van der Waals surface area contributed by atoms with Crippen LogP contribution in [-0.4, -0.2) is 31.8 Å². The Balaban J connectivity index is 1.80. The Kier molecular flexibility index (Phi) is 3.80. The van der Waals surface area contributed by atoms with Gasteiger partial charge >= 0.3 is 0 Å². The van der Waals surface area contributed by atoms with Crippen LogP contribution in [0.25, 0.3) is 0 Å². The fourth-order valence-electron chi connectivity index (χ4n) is 1.95. The summed E-state index contributed by atoms with van der Waals surface area (Å²) >= 11 is 0. The summed E-state index contributed by atoms with van der Waals surface area (Å²) in [6.45, 7) is 1.25. The average molecular weight is 309 g/mol. The van der Waals surface area contributed by atoms with E-state index >= 15 is 0 Å². The summed E-state index contributed by atoms with van der Waals surface area (Å²) in [6.07, 6.45) is 3.97. The molecule has 0 unspecified atom stereocenters. The molecule has 2 heterocycles. The third-order valence-electron chi connectivity index (χ3n) is 3.05. The van der Waals surface area contributed by atoms with Gasteiger partial charge in [0, 0.05) is 30.8 Å². The first kappa shape index (κ1) is 13.9. The van der Waals surface area contributed by atoms with Gasteiger partial charge in [-0.25, -0.2) is 13.1 Å². The molecule has 0 amide bonds. The van der Waals surface area contributed by atoms with Crippen molar-refractivity contribution in [2.45, 2.75) is 17.9 Å². The lowest BCUT2D eigenvalue weighted by molar-refractivity contribution is 0.297. The Bertz CT molecular complexity index is 713. The van der Waals surface area contributed by atoms with Crippen LogP contribution in [0, 0.1) is 0 Å². The van der Waals surface area contributed by atoms with E-state index in [0.717, 1.165) is 12.0 Å². The molecular formula is C13H15N3O4S. The highest BCUT2D eigenvalue weighted by Crippen LogP contribution is 2.31. The molecule has 0 fully saturated rings. The van der Waals surface area contributed by atoms with E-state index in [1.54, 1.807) is 18.5 Å². The summed E-state index contributed by atoms with van der Waals surface area (Å²) in [5.41, 5.74) is 0.757. The summed E-state index contributed by atoms with van der Waals surface area (Å²) in [5, 5.41) is 6.40. The summed E-state index contributed by atoms with van der Waals surface area (Å²) in [7, 11) is -3.61. The largest absolute Gasteiger partial charge is 0.490 e. The molecule has 2 aromatic rings. The molecule has 1 aromatic carbocycles. The molecule has 1 aromatic heterocycles. The van der Waals surface area contributed by atoms with Crippen LogP contribution in [0.5, 0.6) is 11.5 Å². The maximum absolute atomic E-state index is 12.3. The van der Waals surface area contributed by atoms with Crippen LogP contribution in [0.2, 0.25) is 0 Å². The standard InChI is InChI=1S/C13H15N3O4S/c17-21(18,16-9-10-7-14-15-8-10)11-2-3-12-13(6-11)20-5-1-4-19-12/h2-3,6-8,16H,1,4-5,9H2,(H,14,15). The molecule has 3 rings (SSSR count). The smallest absolute Gasteiger partial charge is 0.241 e. The van der Waals surface area contributed by atoms with Crippen LogP contribution in [0.15, 0.2) is 35.5 Å². The molecule has 7 nitrogen and oxygen atoms in total. The second-order valence-electron chi connectivity index (χ2n) is 4.59. The van der Waals surface area contributed by atoms with E-state index in [-0.39, 0.29) is 11.4 Å². The summed E-state index contributed by atoms with van der Waals surface area (Å²) in [5.74, 6) is 1.03. The van der Waals surface area contributed by atoms with Crippen molar-refractivity contribution < 1.29 is 17.9 Å². The van der Waals surface area contributed by atoms with Crippen LogP contribution < -0.4 is 14.2 Å². The van der Waals surface area contributed by atoms with Gasteiger partial charge in [0.15, 0.2) is 11.5 Å². The quantitative estimate of drug-likeness (QED) is 0.880. The normalized spacial score (nSPS) is 14.7. The summed E-state index contributed by atoms with van der Waals surface area (Å²) < 4.78 is 38.0. The first-order chi connectivity index (χ1) is 10.1. The molecule has 0 atom stereocenters. The van der Waals surface area contributed by atoms with Crippen LogP contribution >= 0.6 is 0 Å². The molecule has 8 heteroatoms. The number of H-pyrrole nitrogens is 1. The Hall–Kier alpha value is -2.06. The third-order valence-corrected chi connectivity index (χ3v) is 4.45. The van der Waals surface area contributed by atoms with Crippen LogP contribution in [0.3, 0.4) is 0 Å². The lowest BCUT2D eigenvalue weighted by atomic mass is 10.3. The van der Waals surface area contributed by atoms with Crippen molar-refractivity contribution in [3.8, 4) is 11.5 Å². The van der Waals surface area contributed by atoms with E-state index in [9.17, 15) is 8.42 Å². The predicted octanol–water partition coefficient (Wildman–Crippen LogP) is 1.05. The number of hydrogen-bond donors (Lipinski definition) is 2. The SMILES string of the molecule is O=S(=O)(NCc1cn[nH]c1)c1ccc2c(c1)OCCCO2.